The first-order valence-electron chi connectivity index (χ1n) is 6.02. The van der Waals surface area contributed by atoms with E-state index in [1.807, 2.05) is 0 Å². The van der Waals surface area contributed by atoms with E-state index in [0.717, 1.165) is 0 Å². The molecule has 0 aliphatic heterocycles. The molecule has 6 nitrogen and oxygen atoms in total. The van der Waals surface area contributed by atoms with Crippen LogP contribution in [0.25, 0.3) is 0 Å². The number of carboxylic acid groups (broad SMARTS) is 1. The third kappa shape index (κ3) is 3.79. The molecule has 108 valence electrons. The molecule has 2 aromatic heterocycles. The summed E-state index contributed by atoms with van der Waals surface area (Å²) in [5.74, 6) is -1.12. The van der Waals surface area contributed by atoms with E-state index in [4.69, 9.17) is 5.11 Å². The molecule has 0 bridgehead atoms. The highest BCUT2D eigenvalue weighted by molar-refractivity contribution is 7.99. The minimum atomic E-state index is -1.01. The molecule has 0 aromatic carbocycles. The molecule has 1 amide bonds. The minimum Gasteiger partial charge on any atom is -0.478 e. The summed E-state index contributed by atoms with van der Waals surface area (Å²) < 4.78 is 0. The molecule has 0 saturated heterocycles. The Kier molecular flexibility index (Phi) is 4.54. The van der Waals surface area contributed by atoms with Crippen LogP contribution in [0.2, 0.25) is 0 Å². The van der Waals surface area contributed by atoms with Gasteiger partial charge in [-0.05, 0) is 24.3 Å². The van der Waals surface area contributed by atoms with Crippen LogP contribution in [0.5, 0.6) is 0 Å². The van der Waals surface area contributed by atoms with Crippen LogP contribution < -0.4 is 0 Å². The van der Waals surface area contributed by atoms with Gasteiger partial charge in [-0.2, -0.15) is 0 Å². The zero-order valence-corrected chi connectivity index (χ0v) is 12.3. The summed E-state index contributed by atoms with van der Waals surface area (Å²) in [6.45, 7) is 0. The van der Waals surface area contributed by atoms with Gasteiger partial charge in [0.25, 0.3) is 5.91 Å². The smallest absolute Gasteiger partial charge is 0.337 e. The van der Waals surface area contributed by atoms with Crippen molar-refractivity contribution >= 4 is 23.6 Å². The second-order valence-electron chi connectivity index (χ2n) is 4.38. The van der Waals surface area contributed by atoms with Crippen LogP contribution >= 0.6 is 11.8 Å². The monoisotopic (exact) mass is 303 g/mol. The van der Waals surface area contributed by atoms with Crippen LogP contribution in [0.4, 0.5) is 0 Å². The molecular weight excluding hydrogens is 290 g/mol. The molecule has 0 fully saturated rings. The number of carbonyl (C=O) groups is 2. The lowest BCUT2D eigenvalue weighted by atomic mass is 10.2. The van der Waals surface area contributed by atoms with Gasteiger partial charge in [-0.25, -0.2) is 14.8 Å². The number of aromatic carboxylic acids is 1. The molecular formula is C14H13N3O3S. The molecule has 2 heterocycles. The Bertz CT molecular complexity index is 654. The van der Waals surface area contributed by atoms with Crippen LogP contribution in [-0.2, 0) is 0 Å². The predicted molar refractivity (Wildman–Crippen MR) is 77.6 cm³/mol. The van der Waals surface area contributed by atoms with E-state index in [1.165, 1.54) is 35.1 Å². The van der Waals surface area contributed by atoms with Gasteiger partial charge in [-0.1, -0.05) is 11.8 Å². The molecule has 1 N–H and O–H groups in total. The van der Waals surface area contributed by atoms with E-state index < -0.39 is 5.97 Å². The van der Waals surface area contributed by atoms with Crippen molar-refractivity contribution in [1.82, 2.24) is 14.9 Å². The quantitative estimate of drug-likeness (QED) is 0.930. The second kappa shape index (κ2) is 6.36. The molecule has 0 aliphatic rings. The number of amides is 1. The van der Waals surface area contributed by atoms with Gasteiger partial charge < -0.3 is 10.0 Å². The van der Waals surface area contributed by atoms with Crippen LogP contribution in [0, 0.1) is 0 Å². The van der Waals surface area contributed by atoms with Crippen molar-refractivity contribution in [3.05, 3.63) is 47.8 Å². The molecule has 0 saturated carbocycles. The highest BCUT2D eigenvalue weighted by atomic mass is 32.2. The molecule has 0 atom stereocenters. The average Bonchev–Trinajstić information content (AvgIpc) is 2.47. The lowest BCUT2D eigenvalue weighted by molar-refractivity contribution is 0.0695. The Hall–Kier alpha value is -2.41. The van der Waals surface area contributed by atoms with E-state index in [-0.39, 0.29) is 11.5 Å². The molecule has 0 radical (unpaired) electrons. The fraction of sp³-hybridized carbons (Fsp3) is 0.143. The lowest BCUT2D eigenvalue weighted by Gasteiger charge is -2.09. The van der Waals surface area contributed by atoms with Crippen molar-refractivity contribution in [2.75, 3.05) is 14.1 Å². The normalized spacial score (nSPS) is 10.2. The molecule has 7 heteroatoms. The molecule has 0 spiro atoms. The third-order valence-electron chi connectivity index (χ3n) is 2.58. The van der Waals surface area contributed by atoms with E-state index >= 15 is 0 Å². The van der Waals surface area contributed by atoms with Gasteiger partial charge in [0.2, 0.25) is 0 Å². The van der Waals surface area contributed by atoms with Gasteiger partial charge in [-0.15, -0.1) is 0 Å². The first-order chi connectivity index (χ1) is 9.97. The van der Waals surface area contributed by atoms with Crippen molar-refractivity contribution in [3.63, 3.8) is 0 Å². The standard InChI is InChI=1S/C14H13N3O3S/c1-17(2)13(18)9-3-5-11(15-7-9)21-12-6-4-10(8-16-12)14(19)20/h3-8H,1-2H3,(H,19,20). The summed E-state index contributed by atoms with van der Waals surface area (Å²) in [7, 11) is 3.36. The highest BCUT2D eigenvalue weighted by Crippen LogP contribution is 2.24. The van der Waals surface area contributed by atoms with Crippen molar-refractivity contribution < 1.29 is 14.7 Å². The number of aromatic nitrogens is 2. The average molecular weight is 303 g/mol. The number of hydrogen-bond donors (Lipinski definition) is 1. The Balaban J connectivity index is 2.09. The van der Waals surface area contributed by atoms with Crippen LogP contribution in [0.15, 0.2) is 46.7 Å². The Morgan fingerprint density at radius 1 is 1.00 bits per heavy atom. The zero-order chi connectivity index (χ0) is 15.4. The number of hydrogen-bond acceptors (Lipinski definition) is 5. The summed E-state index contributed by atoms with van der Waals surface area (Å²) in [6, 6.07) is 6.54. The molecule has 0 unspecified atom stereocenters. The fourth-order valence-corrected chi connectivity index (χ4v) is 2.20. The maximum atomic E-state index is 11.7. The maximum absolute atomic E-state index is 11.7. The van der Waals surface area contributed by atoms with Crippen LogP contribution in [0.3, 0.4) is 0 Å². The molecule has 21 heavy (non-hydrogen) atoms. The highest BCUT2D eigenvalue weighted by Gasteiger charge is 2.09. The summed E-state index contributed by atoms with van der Waals surface area (Å²) in [4.78, 5) is 32.2. The van der Waals surface area contributed by atoms with Gasteiger partial charge in [0.15, 0.2) is 0 Å². The minimum absolute atomic E-state index is 0.108. The maximum Gasteiger partial charge on any atom is 0.337 e. The second-order valence-corrected chi connectivity index (χ2v) is 5.42. The van der Waals surface area contributed by atoms with Gasteiger partial charge in [0.05, 0.1) is 11.1 Å². The molecule has 2 rings (SSSR count). The Morgan fingerprint density at radius 2 is 1.52 bits per heavy atom. The number of rotatable bonds is 4. The third-order valence-corrected chi connectivity index (χ3v) is 3.48. The van der Waals surface area contributed by atoms with Gasteiger partial charge in [-0.3, -0.25) is 4.79 Å². The largest absolute Gasteiger partial charge is 0.478 e. The van der Waals surface area contributed by atoms with E-state index in [0.29, 0.717) is 15.6 Å². The summed E-state index contributed by atoms with van der Waals surface area (Å²) >= 11 is 1.30. The van der Waals surface area contributed by atoms with Gasteiger partial charge in [0, 0.05) is 26.5 Å². The predicted octanol–water partition coefficient (Wildman–Crippen LogP) is 2.03. The SMILES string of the molecule is CN(C)C(=O)c1ccc(Sc2ccc(C(=O)O)cn2)nc1. The van der Waals surface area contributed by atoms with Gasteiger partial charge in [0.1, 0.15) is 10.1 Å². The lowest BCUT2D eigenvalue weighted by Crippen LogP contribution is -2.21. The molecule has 0 aliphatic carbocycles. The van der Waals surface area contributed by atoms with Gasteiger partial charge >= 0.3 is 5.97 Å². The van der Waals surface area contributed by atoms with E-state index in [9.17, 15) is 9.59 Å². The zero-order valence-electron chi connectivity index (χ0n) is 11.5. The topological polar surface area (TPSA) is 83.4 Å². The number of pyridine rings is 2. The number of carbonyl (C=O) groups excluding carboxylic acids is 1. The summed E-state index contributed by atoms with van der Waals surface area (Å²) in [6.07, 6.45) is 2.81. The van der Waals surface area contributed by atoms with Crippen LogP contribution in [-0.4, -0.2) is 45.9 Å². The van der Waals surface area contributed by atoms with E-state index in [1.54, 1.807) is 32.3 Å². The summed E-state index contributed by atoms with van der Waals surface area (Å²) in [5.41, 5.74) is 0.651. The number of carboxylic acids is 1. The first kappa shape index (κ1) is 15.0. The van der Waals surface area contributed by atoms with Crippen molar-refractivity contribution in [3.8, 4) is 0 Å². The number of nitrogens with zero attached hydrogens (tertiary/aromatic N) is 3. The fourth-order valence-electron chi connectivity index (χ4n) is 1.50. The Morgan fingerprint density at radius 3 is 1.90 bits per heavy atom. The summed E-state index contributed by atoms with van der Waals surface area (Å²) in [5, 5.41) is 10.1. The van der Waals surface area contributed by atoms with E-state index in [2.05, 4.69) is 9.97 Å². The van der Waals surface area contributed by atoms with Crippen molar-refractivity contribution in [2.24, 2.45) is 0 Å². The van der Waals surface area contributed by atoms with Crippen LogP contribution in [0.1, 0.15) is 20.7 Å². The molecule has 2 aromatic rings. The van der Waals surface area contributed by atoms with Crippen molar-refractivity contribution in [1.29, 1.82) is 0 Å². The Labute approximate surface area is 125 Å². The van der Waals surface area contributed by atoms with Crippen molar-refractivity contribution in [2.45, 2.75) is 10.1 Å². The first-order valence-corrected chi connectivity index (χ1v) is 6.84.